The average molecular weight is 344 g/mol. The molecule has 1 saturated carbocycles. The van der Waals surface area contributed by atoms with Crippen molar-refractivity contribution in [1.82, 2.24) is 0 Å². The van der Waals surface area contributed by atoms with E-state index >= 15 is 0 Å². The summed E-state index contributed by atoms with van der Waals surface area (Å²) in [4.78, 5) is 24.6. The Bertz CT molecular complexity index is 733. The van der Waals surface area contributed by atoms with Crippen LogP contribution in [0.3, 0.4) is 0 Å². The minimum atomic E-state index is -0.824. The first kappa shape index (κ1) is 16.4. The smallest absolute Gasteiger partial charge is 0.331 e. The first-order valence-electron chi connectivity index (χ1n) is 9.04. The molecule has 2 aliphatic carbocycles. The van der Waals surface area contributed by atoms with Crippen molar-refractivity contribution in [2.45, 2.75) is 52.1 Å². The highest BCUT2D eigenvalue weighted by molar-refractivity contribution is 5.88. The molecule has 1 saturated heterocycles. The molecule has 5 heteroatoms. The van der Waals surface area contributed by atoms with Gasteiger partial charge in [-0.3, -0.25) is 4.79 Å². The zero-order valence-electron chi connectivity index (χ0n) is 14.7. The molecular formula is C20H24O5. The van der Waals surface area contributed by atoms with Gasteiger partial charge in [-0.2, -0.15) is 0 Å². The molecule has 134 valence electrons. The lowest BCUT2D eigenvalue weighted by Gasteiger charge is -2.59. The molecule has 2 heterocycles. The minimum absolute atomic E-state index is 0.153. The zero-order valence-corrected chi connectivity index (χ0v) is 14.7. The van der Waals surface area contributed by atoms with E-state index in [0.717, 1.165) is 19.3 Å². The lowest BCUT2D eigenvalue weighted by molar-refractivity contribution is -0.192. The Balaban J connectivity index is 1.74. The highest BCUT2D eigenvalue weighted by Gasteiger charge is 2.61. The van der Waals surface area contributed by atoms with Crippen molar-refractivity contribution in [3.8, 4) is 0 Å². The summed E-state index contributed by atoms with van der Waals surface area (Å²) >= 11 is 0. The van der Waals surface area contributed by atoms with E-state index in [4.69, 9.17) is 9.15 Å². The first-order valence-corrected chi connectivity index (χ1v) is 9.04. The second-order valence-electron chi connectivity index (χ2n) is 8.21. The second kappa shape index (κ2) is 5.48. The summed E-state index contributed by atoms with van der Waals surface area (Å²) in [6, 6.07) is 3.64. The fraction of sp³-hybridized carbons (Fsp3) is 0.600. The number of hydrogen-bond donors (Lipinski definition) is 1. The Morgan fingerprint density at radius 3 is 2.80 bits per heavy atom. The van der Waals surface area contributed by atoms with Crippen molar-refractivity contribution in [2.75, 3.05) is 0 Å². The molecule has 1 N–H and O–H groups in total. The molecule has 2 fully saturated rings. The maximum atomic E-state index is 12.7. The Kier molecular flexibility index (Phi) is 3.60. The van der Waals surface area contributed by atoms with Crippen molar-refractivity contribution in [1.29, 1.82) is 0 Å². The van der Waals surface area contributed by atoms with Crippen molar-refractivity contribution >= 4 is 11.9 Å². The normalized spacial score (nSPS) is 40.5. The Morgan fingerprint density at radius 1 is 1.32 bits per heavy atom. The molecule has 0 spiro atoms. The predicted octanol–water partition coefficient (Wildman–Crippen LogP) is 4.11. The summed E-state index contributed by atoms with van der Waals surface area (Å²) in [5.41, 5.74) is -0.146. The van der Waals surface area contributed by atoms with E-state index in [9.17, 15) is 14.7 Å². The number of furan rings is 1. The largest absolute Gasteiger partial charge is 0.478 e. The topological polar surface area (TPSA) is 76.7 Å². The van der Waals surface area contributed by atoms with Gasteiger partial charge in [0.2, 0.25) is 0 Å². The summed E-state index contributed by atoms with van der Waals surface area (Å²) in [7, 11) is 0. The number of carbonyl (C=O) groups excluding carboxylic acids is 1. The van der Waals surface area contributed by atoms with E-state index in [1.807, 2.05) is 12.1 Å². The van der Waals surface area contributed by atoms with Crippen molar-refractivity contribution in [3.05, 3.63) is 35.8 Å². The number of carboxylic acids is 1. The number of carboxylic acid groups (broad SMARTS) is 1. The highest BCUT2D eigenvalue weighted by atomic mass is 16.6. The average Bonchev–Trinajstić information content (AvgIpc) is 3.07. The van der Waals surface area contributed by atoms with Gasteiger partial charge in [-0.25, -0.2) is 4.79 Å². The quantitative estimate of drug-likeness (QED) is 0.817. The third-order valence-electron chi connectivity index (χ3n) is 6.99. The van der Waals surface area contributed by atoms with Crippen molar-refractivity contribution < 1.29 is 23.8 Å². The molecule has 1 aliphatic heterocycles. The number of aliphatic carboxylic acids is 1. The number of cyclic esters (lactones) is 1. The van der Waals surface area contributed by atoms with Gasteiger partial charge in [-0.1, -0.05) is 19.9 Å². The number of rotatable bonds is 2. The number of allylic oxidation sites excluding steroid dienone is 1. The molecule has 0 amide bonds. The van der Waals surface area contributed by atoms with Crippen LogP contribution in [0, 0.1) is 22.7 Å². The van der Waals surface area contributed by atoms with Crippen LogP contribution in [-0.2, 0) is 14.3 Å². The molecule has 25 heavy (non-hydrogen) atoms. The Morgan fingerprint density at radius 2 is 2.12 bits per heavy atom. The van der Waals surface area contributed by atoms with E-state index in [2.05, 4.69) is 13.8 Å². The Labute approximate surface area is 147 Å². The van der Waals surface area contributed by atoms with Gasteiger partial charge in [0.15, 0.2) is 6.10 Å². The predicted molar refractivity (Wildman–Crippen MR) is 89.5 cm³/mol. The van der Waals surface area contributed by atoms with E-state index in [0.29, 0.717) is 24.2 Å². The van der Waals surface area contributed by atoms with Crippen molar-refractivity contribution in [3.63, 3.8) is 0 Å². The molecule has 4 rings (SSSR count). The van der Waals surface area contributed by atoms with Crippen LogP contribution in [-0.4, -0.2) is 17.0 Å². The molecule has 0 radical (unpaired) electrons. The van der Waals surface area contributed by atoms with Crippen LogP contribution in [0.25, 0.3) is 0 Å². The maximum absolute atomic E-state index is 12.7. The van der Waals surface area contributed by atoms with E-state index in [-0.39, 0.29) is 34.7 Å². The molecule has 0 aromatic carbocycles. The SMILES string of the molecule is CC12CCC3C(=O)OC(c4ccco4)CC3(C)C1CCC=C2C(=O)O. The number of ether oxygens (including phenoxy) is 1. The Hall–Kier alpha value is -2.04. The summed E-state index contributed by atoms with van der Waals surface area (Å²) in [5, 5.41) is 9.70. The molecule has 3 aliphatic rings. The summed E-state index contributed by atoms with van der Waals surface area (Å²) in [6.45, 7) is 4.22. The highest BCUT2D eigenvalue weighted by Crippen LogP contribution is 2.64. The third-order valence-corrected chi connectivity index (χ3v) is 6.99. The van der Waals surface area contributed by atoms with Gasteiger partial charge in [0.25, 0.3) is 0 Å². The van der Waals surface area contributed by atoms with Crippen LogP contribution in [0.5, 0.6) is 0 Å². The summed E-state index contributed by atoms with van der Waals surface area (Å²) < 4.78 is 11.2. The van der Waals surface area contributed by atoms with Gasteiger partial charge in [0.05, 0.1) is 12.2 Å². The second-order valence-corrected chi connectivity index (χ2v) is 8.21. The molecular weight excluding hydrogens is 320 g/mol. The zero-order chi connectivity index (χ0) is 17.8. The molecule has 1 aromatic rings. The van der Waals surface area contributed by atoms with Crippen LogP contribution in [0.2, 0.25) is 0 Å². The van der Waals surface area contributed by atoms with Gasteiger partial charge in [-0.15, -0.1) is 0 Å². The summed E-state index contributed by atoms with van der Waals surface area (Å²) in [5.74, 6) is -0.325. The van der Waals surface area contributed by atoms with Gasteiger partial charge in [-0.05, 0) is 55.6 Å². The molecule has 0 bridgehead atoms. The minimum Gasteiger partial charge on any atom is -0.478 e. The van der Waals surface area contributed by atoms with E-state index in [1.165, 1.54) is 0 Å². The fourth-order valence-electron chi connectivity index (χ4n) is 5.82. The molecule has 5 unspecified atom stereocenters. The van der Waals surface area contributed by atoms with Gasteiger partial charge >= 0.3 is 11.9 Å². The molecule has 5 nitrogen and oxygen atoms in total. The van der Waals surface area contributed by atoms with Crippen LogP contribution in [0.1, 0.15) is 57.8 Å². The van der Waals surface area contributed by atoms with Gasteiger partial charge in [0.1, 0.15) is 5.76 Å². The molecule has 1 aromatic heterocycles. The van der Waals surface area contributed by atoms with Crippen LogP contribution >= 0.6 is 0 Å². The lowest BCUT2D eigenvalue weighted by atomic mass is 9.46. The first-order chi connectivity index (χ1) is 11.9. The maximum Gasteiger partial charge on any atom is 0.331 e. The number of fused-ring (bicyclic) bond motifs is 3. The van der Waals surface area contributed by atoms with Crippen LogP contribution < -0.4 is 0 Å². The number of esters is 1. The third kappa shape index (κ3) is 2.28. The summed E-state index contributed by atoms with van der Waals surface area (Å²) in [6.07, 6.45) is 6.84. The van der Waals surface area contributed by atoms with Crippen LogP contribution in [0.15, 0.2) is 34.5 Å². The standard InChI is InChI=1S/C20H24O5/c1-19-9-8-13-18(23)25-15(14-6-4-10-24-14)11-20(13,2)16(19)7-3-5-12(19)17(21)22/h4-6,10,13,15-16H,3,7-9,11H2,1-2H3,(H,21,22). The van der Waals surface area contributed by atoms with E-state index < -0.39 is 5.97 Å². The lowest BCUT2D eigenvalue weighted by Crippen LogP contribution is -2.56. The number of carbonyl (C=O) groups is 2. The van der Waals surface area contributed by atoms with Gasteiger partial charge in [0, 0.05) is 11.0 Å². The molecule has 5 atom stereocenters. The van der Waals surface area contributed by atoms with Gasteiger partial charge < -0.3 is 14.3 Å². The number of hydrogen-bond acceptors (Lipinski definition) is 4. The van der Waals surface area contributed by atoms with Crippen molar-refractivity contribution in [2.24, 2.45) is 22.7 Å². The fourth-order valence-corrected chi connectivity index (χ4v) is 5.82. The monoisotopic (exact) mass is 344 g/mol. The van der Waals surface area contributed by atoms with E-state index in [1.54, 1.807) is 12.3 Å². The van der Waals surface area contributed by atoms with Crippen LogP contribution in [0.4, 0.5) is 0 Å².